The van der Waals surface area contributed by atoms with E-state index in [4.69, 9.17) is 5.11 Å². The molecule has 0 aromatic rings. The lowest BCUT2D eigenvalue weighted by Gasteiger charge is -2.15. The quantitative estimate of drug-likeness (QED) is 0.523. The SMILES string of the molecule is O=C(O)CCOCC(F)(F)CC(F)F. The zero-order chi connectivity index (χ0) is 11.2. The van der Waals surface area contributed by atoms with Crippen LogP contribution >= 0.6 is 0 Å². The number of ether oxygens (including phenoxy) is 1. The summed E-state index contributed by atoms with van der Waals surface area (Å²) in [6, 6.07) is 0. The van der Waals surface area contributed by atoms with E-state index in [-0.39, 0.29) is 0 Å². The second kappa shape index (κ2) is 5.79. The van der Waals surface area contributed by atoms with Gasteiger partial charge in [0.05, 0.1) is 19.4 Å². The van der Waals surface area contributed by atoms with E-state index in [1.54, 1.807) is 0 Å². The highest BCUT2D eigenvalue weighted by Gasteiger charge is 2.33. The molecule has 0 saturated heterocycles. The Labute approximate surface area is 77.7 Å². The standard InChI is InChI=1S/C7H10F4O3/c8-5(9)3-7(10,11)4-14-2-1-6(12)13/h5H,1-4H2,(H,12,13). The number of carbonyl (C=O) groups is 1. The van der Waals surface area contributed by atoms with Crippen molar-refractivity contribution in [2.75, 3.05) is 13.2 Å². The van der Waals surface area contributed by atoms with Crippen molar-refractivity contribution >= 4 is 5.97 Å². The minimum atomic E-state index is -3.60. The van der Waals surface area contributed by atoms with Crippen LogP contribution in [0.1, 0.15) is 12.8 Å². The number of hydrogen-bond donors (Lipinski definition) is 1. The molecule has 0 aliphatic heterocycles. The molecule has 7 heteroatoms. The molecule has 0 aromatic heterocycles. The summed E-state index contributed by atoms with van der Waals surface area (Å²) in [4.78, 5) is 9.91. The van der Waals surface area contributed by atoms with E-state index in [1.807, 2.05) is 0 Å². The first-order valence-corrected chi connectivity index (χ1v) is 3.79. The van der Waals surface area contributed by atoms with Gasteiger partial charge < -0.3 is 9.84 Å². The van der Waals surface area contributed by atoms with Gasteiger partial charge in [0.25, 0.3) is 5.92 Å². The highest BCUT2D eigenvalue weighted by molar-refractivity contribution is 5.66. The molecule has 0 radical (unpaired) electrons. The van der Waals surface area contributed by atoms with Gasteiger partial charge in [-0.25, -0.2) is 17.6 Å². The molecule has 14 heavy (non-hydrogen) atoms. The second-order valence-electron chi connectivity index (χ2n) is 2.65. The van der Waals surface area contributed by atoms with Crippen LogP contribution in [-0.4, -0.2) is 36.6 Å². The number of rotatable bonds is 7. The number of aliphatic carboxylic acids is 1. The summed E-state index contributed by atoms with van der Waals surface area (Å²) in [5, 5.41) is 8.10. The predicted molar refractivity (Wildman–Crippen MR) is 38.6 cm³/mol. The number of halogens is 4. The van der Waals surface area contributed by atoms with E-state index >= 15 is 0 Å². The molecule has 84 valence electrons. The number of carboxylic acids is 1. The molecule has 0 bridgehead atoms. The van der Waals surface area contributed by atoms with Crippen molar-refractivity contribution in [2.45, 2.75) is 25.2 Å². The molecule has 0 rings (SSSR count). The molecule has 0 aromatic carbocycles. The fourth-order valence-corrected chi connectivity index (χ4v) is 0.666. The van der Waals surface area contributed by atoms with Crippen LogP contribution in [0.4, 0.5) is 17.6 Å². The van der Waals surface area contributed by atoms with E-state index in [0.717, 1.165) is 0 Å². The molecular weight excluding hydrogens is 208 g/mol. The fraction of sp³-hybridized carbons (Fsp3) is 0.857. The van der Waals surface area contributed by atoms with Crippen molar-refractivity contribution in [1.82, 2.24) is 0 Å². The van der Waals surface area contributed by atoms with Crippen molar-refractivity contribution < 1.29 is 32.2 Å². The highest BCUT2D eigenvalue weighted by atomic mass is 19.3. The average molecular weight is 218 g/mol. The third-order valence-electron chi connectivity index (χ3n) is 1.23. The van der Waals surface area contributed by atoms with Crippen molar-refractivity contribution in [3.05, 3.63) is 0 Å². The summed E-state index contributed by atoms with van der Waals surface area (Å²) >= 11 is 0. The molecule has 0 fully saturated rings. The van der Waals surface area contributed by atoms with Crippen molar-refractivity contribution in [3.8, 4) is 0 Å². The van der Waals surface area contributed by atoms with E-state index < -0.39 is 44.4 Å². The molecule has 0 amide bonds. The Morgan fingerprint density at radius 1 is 1.43 bits per heavy atom. The molecule has 1 N–H and O–H groups in total. The van der Waals surface area contributed by atoms with Gasteiger partial charge in [-0.1, -0.05) is 0 Å². The van der Waals surface area contributed by atoms with Crippen LogP contribution < -0.4 is 0 Å². The first kappa shape index (κ1) is 13.2. The van der Waals surface area contributed by atoms with Crippen LogP contribution in [-0.2, 0) is 9.53 Å². The fourth-order valence-electron chi connectivity index (χ4n) is 0.666. The van der Waals surface area contributed by atoms with Crippen LogP contribution in [0, 0.1) is 0 Å². The Balaban J connectivity index is 3.60. The normalized spacial score (nSPS) is 12.1. The van der Waals surface area contributed by atoms with Gasteiger partial charge in [-0.3, -0.25) is 4.79 Å². The number of carboxylic acid groups (broad SMARTS) is 1. The Morgan fingerprint density at radius 2 is 2.00 bits per heavy atom. The van der Waals surface area contributed by atoms with Gasteiger partial charge >= 0.3 is 5.97 Å². The molecule has 0 aliphatic carbocycles. The smallest absolute Gasteiger partial charge is 0.305 e. The molecule has 0 unspecified atom stereocenters. The largest absolute Gasteiger partial charge is 0.481 e. The van der Waals surface area contributed by atoms with Crippen LogP contribution in [0.5, 0.6) is 0 Å². The minimum Gasteiger partial charge on any atom is -0.481 e. The summed E-state index contributed by atoms with van der Waals surface area (Å²) in [5.74, 6) is -4.80. The Kier molecular flexibility index (Phi) is 5.44. The summed E-state index contributed by atoms with van der Waals surface area (Å²) < 4.78 is 52.2. The van der Waals surface area contributed by atoms with Gasteiger partial charge in [-0.15, -0.1) is 0 Å². The van der Waals surface area contributed by atoms with Crippen molar-refractivity contribution in [1.29, 1.82) is 0 Å². The van der Waals surface area contributed by atoms with E-state index in [1.165, 1.54) is 0 Å². The number of alkyl halides is 4. The zero-order valence-corrected chi connectivity index (χ0v) is 7.18. The lowest BCUT2D eigenvalue weighted by atomic mass is 10.2. The van der Waals surface area contributed by atoms with Gasteiger partial charge in [0.2, 0.25) is 6.43 Å². The van der Waals surface area contributed by atoms with Crippen LogP contribution in [0.2, 0.25) is 0 Å². The molecule has 0 heterocycles. The Hall–Kier alpha value is -0.850. The highest BCUT2D eigenvalue weighted by Crippen LogP contribution is 2.22. The lowest BCUT2D eigenvalue weighted by molar-refractivity contribution is -0.141. The van der Waals surface area contributed by atoms with Gasteiger partial charge in [-0.2, -0.15) is 0 Å². The molecule has 0 spiro atoms. The van der Waals surface area contributed by atoms with E-state index in [0.29, 0.717) is 0 Å². The third-order valence-corrected chi connectivity index (χ3v) is 1.23. The van der Waals surface area contributed by atoms with E-state index in [2.05, 4.69) is 4.74 Å². The van der Waals surface area contributed by atoms with Crippen LogP contribution in [0.25, 0.3) is 0 Å². The maximum absolute atomic E-state index is 12.4. The van der Waals surface area contributed by atoms with Crippen LogP contribution in [0.3, 0.4) is 0 Å². The number of hydrogen-bond acceptors (Lipinski definition) is 2. The van der Waals surface area contributed by atoms with E-state index in [9.17, 15) is 22.4 Å². The summed E-state index contributed by atoms with van der Waals surface area (Å²) in [6.07, 6.45) is -5.10. The van der Waals surface area contributed by atoms with Crippen molar-refractivity contribution in [2.24, 2.45) is 0 Å². The first-order valence-electron chi connectivity index (χ1n) is 3.79. The molecule has 0 aliphatic rings. The minimum absolute atomic E-state index is 0.409. The third kappa shape index (κ3) is 7.78. The van der Waals surface area contributed by atoms with Gasteiger partial charge in [0.1, 0.15) is 6.61 Å². The Morgan fingerprint density at radius 3 is 2.43 bits per heavy atom. The maximum atomic E-state index is 12.4. The molecule has 0 saturated carbocycles. The summed E-state index contributed by atoms with van der Waals surface area (Å²) in [5.41, 5.74) is 0. The summed E-state index contributed by atoms with van der Waals surface area (Å²) in [6.45, 7) is -1.58. The van der Waals surface area contributed by atoms with Gasteiger partial charge in [-0.05, 0) is 0 Å². The molecular formula is C7H10F4O3. The Bertz CT molecular complexity index is 184. The molecule has 3 nitrogen and oxygen atoms in total. The van der Waals surface area contributed by atoms with Gasteiger partial charge in [0, 0.05) is 0 Å². The zero-order valence-electron chi connectivity index (χ0n) is 7.18. The van der Waals surface area contributed by atoms with Gasteiger partial charge in [0.15, 0.2) is 0 Å². The first-order chi connectivity index (χ1) is 6.33. The predicted octanol–water partition coefficient (Wildman–Crippen LogP) is 1.77. The maximum Gasteiger partial charge on any atom is 0.305 e. The molecule has 0 atom stereocenters. The van der Waals surface area contributed by atoms with Crippen LogP contribution in [0.15, 0.2) is 0 Å². The monoisotopic (exact) mass is 218 g/mol. The van der Waals surface area contributed by atoms with Crippen molar-refractivity contribution in [3.63, 3.8) is 0 Å². The topological polar surface area (TPSA) is 46.5 Å². The second-order valence-corrected chi connectivity index (χ2v) is 2.65. The lowest BCUT2D eigenvalue weighted by Crippen LogP contribution is -2.27. The summed E-state index contributed by atoms with van der Waals surface area (Å²) in [7, 11) is 0. The average Bonchev–Trinajstić information content (AvgIpc) is 1.95.